The standard InChI is InChI=1S/C14H9F4N3O2/c15-10-6-2-1-4-8(10)12(22)20-21-13(23)11-9(14(16,17)18)5-3-7-19-11/h1-7H,(H,20,22)(H,21,23). The number of nitrogens with zero attached hydrogens (tertiary/aromatic N) is 1. The summed E-state index contributed by atoms with van der Waals surface area (Å²) in [6.45, 7) is 0. The van der Waals surface area contributed by atoms with Crippen LogP contribution in [0.3, 0.4) is 0 Å². The maximum absolute atomic E-state index is 13.4. The Morgan fingerprint density at radius 3 is 2.26 bits per heavy atom. The molecule has 0 aliphatic rings. The van der Waals surface area contributed by atoms with Crippen molar-refractivity contribution in [3.63, 3.8) is 0 Å². The van der Waals surface area contributed by atoms with Crippen LogP contribution in [0.2, 0.25) is 0 Å². The fourth-order valence-corrected chi connectivity index (χ4v) is 1.70. The summed E-state index contributed by atoms with van der Waals surface area (Å²) in [4.78, 5) is 26.8. The van der Waals surface area contributed by atoms with Crippen LogP contribution in [0.25, 0.3) is 0 Å². The molecule has 0 radical (unpaired) electrons. The molecular weight excluding hydrogens is 318 g/mol. The molecule has 2 N–H and O–H groups in total. The van der Waals surface area contributed by atoms with Gasteiger partial charge in [-0.1, -0.05) is 12.1 Å². The lowest BCUT2D eigenvalue weighted by molar-refractivity contribution is -0.138. The van der Waals surface area contributed by atoms with E-state index < -0.39 is 35.1 Å². The van der Waals surface area contributed by atoms with Crippen LogP contribution >= 0.6 is 0 Å². The van der Waals surface area contributed by atoms with Crippen molar-refractivity contribution in [2.75, 3.05) is 0 Å². The van der Waals surface area contributed by atoms with Gasteiger partial charge in [0, 0.05) is 6.20 Å². The Bertz CT molecular complexity index is 747. The van der Waals surface area contributed by atoms with Gasteiger partial charge in [0.1, 0.15) is 11.5 Å². The van der Waals surface area contributed by atoms with Crippen LogP contribution in [-0.4, -0.2) is 16.8 Å². The Balaban J connectivity index is 2.12. The number of halogens is 4. The molecule has 0 aliphatic carbocycles. The van der Waals surface area contributed by atoms with Crippen molar-refractivity contribution in [3.8, 4) is 0 Å². The number of amides is 2. The molecule has 0 aliphatic heterocycles. The molecule has 0 spiro atoms. The van der Waals surface area contributed by atoms with Gasteiger partial charge in [0.25, 0.3) is 11.8 Å². The number of nitrogens with one attached hydrogen (secondary N) is 2. The molecule has 0 fully saturated rings. The third kappa shape index (κ3) is 3.82. The summed E-state index contributed by atoms with van der Waals surface area (Å²) < 4.78 is 51.7. The van der Waals surface area contributed by atoms with Gasteiger partial charge in [-0.15, -0.1) is 0 Å². The molecule has 9 heteroatoms. The zero-order valence-corrected chi connectivity index (χ0v) is 11.3. The molecule has 1 heterocycles. The number of aromatic nitrogens is 1. The summed E-state index contributed by atoms with van der Waals surface area (Å²) in [5.41, 5.74) is 1.07. The van der Waals surface area contributed by atoms with Gasteiger partial charge in [-0.2, -0.15) is 13.2 Å². The molecular formula is C14H9F4N3O2. The largest absolute Gasteiger partial charge is 0.418 e. The molecule has 1 aromatic carbocycles. The first kappa shape index (κ1) is 16.4. The Morgan fingerprint density at radius 2 is 1.61 bits per heavy atom. The average molecular weight is 327 g/mol. The zero-order valence-electron chi connectivity index (χ0n) is 11.3. The highest BCUT2D eigenvalue weighted by molar-refractivity contribution is 5.99. The molecule has 0 unspecified atom stereocenters. The van der Waals surface area contributed by atoms with Gasteiger partial charge in [0.15, 0.2) is 0 Å². The highest BCUT2D eigenvalue weighted by atomic mass is 19.4. The monoisotopic (exact) mass is 327 g/mol. The van der Waals surface area contributed by atoms with E-state index in [1.807, 2.05) is 5.43 Å². The minimum absolute atomic E-state index is 0.370. The van der Waals surface area contributed by atoms with Crippen LogP contribution in [0.1, 0.15) is 26.4 Å². The van der Waals surface area contributed by atoms with Crippen LogP contribution in [0.5, 0.6) is 0 Å². The molecule has 0 saturated carbocycles. The number of carbonyl (C=O) groups is 2. The van der Waals surface area contributed by atoms with E-state index in [9.17, 15) is 27.2 Å². The van der Waals surface area contributed by atoms with E-state index in [4.69, 9.17) is 0 Å². The number of hydrazine groups is 1. The van der Waals surface area contributed by atoms with E-state index in [2.05, 4.69) is 4.98 Å². The molecule has 2 aromatic rings. The Kier molecular flexibility index (Phi) is 4.58. The summed E-state index contributed by atoms with van der Waals surface area (Å²) in [7, 11) is 0. The second-order valence-corrected chi connectivity index (χ2v) is 4.29. The predicted octanol–water partition coefficient (Wildman–Crippen LogP) is 2.31. The Morgan fingerprint density at radius 1 is 0.957 bits per heavy atom. The van der Waals surface area contributed by atoms with Crippen molar-refractivity contribution < 1.29 is 27.2 Å². The smallest absolute Gasteiger partial charge is 0.267 e. The highest BCUT2D eigenvalue weighted by Gasteiger charge is 2.36. The van der Waals surface area contributed by atoms with E-state index >= 15 is 0 Å². The van der Waals surface area contributed by atoms with E-state index in [1.54, 1.807) is 5.43 Å². The SMILES string of the molecule is O=C(NNC(=O)c1ncccc1C(F)(F)F)c1ccccc1F. The van der Waals surface area contributed by atoms with Crippen LogP contribution < -0.4 is 10.9 Å². The summed E-state index contributed by atoms with van der Waals surface area (Å²) in [6.07, 6.45) is -3.78. The van der Waals surface area contributed by atoms with E-state index in [0.717, 1.165) is 24.4 Å². The number of benzene rings is 1. The molecule has 120 valence electrons. The molecule has 0 atom stereocenters. The second kappa shape index (κ2) is 6.42. The lowest BCUT2D eigenvalue weighted by Crippen LogP contribution is -2.42. The van der Waals surface area contributed by atoms with E-state index in [1.165, 1.54) is 12.1 Å². The minimum Gasteiger partial charge on any atom is -0.267 e. The number of alkyl halides is 3. The zero-order chi connectivity index (χ0) is 17.0. The lowest BCUT2D eigenvalue weighted by Gasteiger charge is -2.12. The number of pyridine rings is 1. The molecule has 2 amide bonds. The van der Waals surface area contributed by atoms with E-state index in [0.29, 0.717) is 6.07 Å². The predicted molar refractivity (Wildman–Crippen MR) is 70.6 cm³/mol. The number of carbonyl (C=O) groups excluding carboxylic acids is 2. The van der Waals surface area contributed by atoms with Gasteiger partial charge < -0.3 is 0 Å². The lowest BCUT2D eigenvalue weighted by atomic mass is 10.2. The average Bonchev–Trinajstić information content (AvgIpc) is 2.52. The highest BCUT2D eigenvalue weighted by Crippen LogP contribution is 2.30. The Labute approximate surface area is 127 Å². The molecule has 0 bridgehead atoms. The fraction of sp³-hybridized carbons (Fsp3) is 0.0714. The first-order chi connectivity index (χ1) is 10.8. The first-order valence-electron chi connectivity index (χ1n) is 6.18. The third-order valence-corrected chi connectivity index (χ3v) is 2.74. The Hall–Kier alpha value is -2.97. The fourth-order valence-electron chi connectivity index (χ4n) is 1.70. The van der Waals surface area contributed by atoms with Crippen molar-refractivity contribution in [1.29, 1.82) is 0 Å². The first-order valence-corrected chi connectivity index (χ1v) is 6.18. The summed E-state index contributed by atoms with van der Waals surface area (Å²) >= 11 is 0. The van der Waals surface area contributed by atoms with Gasteiger partial charge >= 0.3 is 6.18 Å². The summed E-state index contributed by atoms with van der Waals surface area (Å²) in [5.74, 6) is -3.13. The number of hydrogen-bond acceptors (Lipinski definition) is 3. The van der Waals surface area contributed by atoms with Gasteiger partial charge in [0.2, 0.25) is 0 Å². The summed E-state index contributed by atoms with van der Waals surface area (Å²) in [5, 5.41) is 0. The van der Waals surface area contributed by atoms with Crippen molar-refractivity contribution in [2.24, 2.45) is 0 Å². The van der Waals surface area contributed by atoms with Crippen LogP contribution in [0.15, 0.2) is 42.6 Å². The van der Waals surface area contributed by atoms with Crippen LogP contribution in [-0.2, 0) is 6.18 Å². The van der Waals surface area contributed by atoms with Gasteiger partial charge in [-0.25, -0.2) is 4.39 Å². The van der Waals surface area contributed by atoms with Crippen LogP contribution in [0, 0.1) is 5.82 Å². The maximum atomic E-state index is 13.4. The molecule has 2 rings (SSSR count). The van der Waals surface area contributed by atoms with Crippen molar-refractivity contribution in [2.45, 2.75) is 6.18 Å². The van der Waals surface area contributed by atoms with Crippen molar-refractivity contribution >= 4 is 11.8 Å². The summed E-state index contributed by atoms with van der Waals surface area (Å²) in [6, 6.07) is 6.63. The number of rotatable bonds is 2. The maximum Gasteiger partial charge on any atom is 0.418 e. The van der Waals surface area contributed by atoms with E-state index in [-0.39, 0.29) is 5.56 Å². The topological polar surface area (TPSA) is 71.1 Å². The molecule has 1 aromatic heterocycles. The van der Waals surface area contributed by atoms with Crippen molar-refractivity contribution in [1.82, 2.24) is 15.8 Å². The molecule has 0 saturated heterocycles. The molecule has 23 heavy (non-hydrogen) atoms. The normalized spacial score (nSPS) is 11.0. The quantitative estimate of drug-likeness (QED) is 0.657. The van der Waals surface area contributed by atoms with Crippen LogP contribution in [0.4, 0.5) is 17.6 Å². The second-order valence-electron chi connectivity index (χ2n) is 4.29. The van der Waals surface area contributed by atoms with Gasteiger partial charge in [0.05, 0.1) is 11.1 Å². The van der Waals surface area contributed by atoms with Crippen molar-refractivity contribution in [3.05, 3.63) is 65.2 Å². The third-order valence-electron chi connectivity index (χ3n) is 2.74. The molecule has 5 nitrogen and oxygen atoms in total. The number of hydrogen-bond donors (Lipinski definition) is 2. The minimum atomic E-state index is -4.78. The van der Waals surface area contributed by atoms with Gasteiger partial charge in [-0.3, -0.25) is 25.4 Å². The van der Waals surface area contributed by atoms with Gasteiger partial charge in [-0.05, 0) is 24.3 Å².